The molecule has 0 bridgehead atoms. The van der Waals surface area contributed by atoms with Crippen LogP contribution in [-0.4, -0.2) is 48.5 Å². The van der Waals surface area contributed by atoms with Crippen LogP contribution in [-0.2, 0) is 16.6 Å². The molecule has 114 valence electrons. The van der Waals surface area contributed by atoms with Crippen LogP contribution in [0.3, 0.4) is 0 Å². The minimum atomic E-state index is -3.64. The minimum Gasteiger partial charge on any atom is -0.387 e. The quantitative estimate of drug-likeness (QED) is 0.669. The van der Waals surface area contributed by atoms with E-state index in [4.69, 9.17) is 0 Å². The number of hydrogen-bond acceptors (Lipinski definition) is 5. The van der Waals surface area contributed by atoms with Crippen LogP contribution < -0.4 is 10.0 Å². The van der Waals surface area contributed by atoms with E-state index in [1.807, 2.05) is 6.92 Å². The first-order valence-corrected chi connectivity index (χ1v) is 8.40. The second-order valence-electron chi connectivity index (χ2n) is 5.22. The van der Waals surface area contributed by atoms with Crippen molar-refractivity contribution in [2.75, 3.05) is 19.6 Å². The Kier molecular flexibility index (Phi) is 4.79. The lowest BCUT2D eigenvalue weighted by Gasteiger charge is -2.32. The van der Waals surface area contributed by atoms with Crippen LogP contribution in [0.2, 0.25) is 0 Å². The summed E-state index contributed by atoms with van der Waals surface area (Å²) in [7, 11) is -3.64. The lowest BCUT2D eigenvalue weighted by molar-refractivity contribution is 0.0218. The fraction of sp³-hybridized carbons (Fsp3) is 0.750. The Balaban J connectivity index is 2.05. The molecule has 8 heteroatoms. The Morgan fingerprint density at radius 2 is 2.40 bits per heavy atom. The third-order valence-electron chi connectivity index (χ3n) is 3.43. The van der Waals surface area contributed by atoms with E-state index in [2.05, 4.69) is 15.1 Å². The van der Waals surface area contributed by atoms with Gasteiger partial charge in [-0.25, -0.2) is 13.1 Å². The fourth-order valence-corrected chi connectivity index (χ4v) is 3.60. The van der Waals surface area contributed by atoms with E-state index in [0.29, 0.717) is 19.5 Å². The summed E-state index contributed by atoms with van der Waals surface area (Å²) in [6.07, 6.45) is 3.71. The van der Waals surface area contributed by atoms with E-state index in [9.17, 15) is 13.5 Å². The summed E-state index contributed by atoms with van der Waals surface area (Å²) in [6.45, 7) is 3.79. The summed E-state index contributed by atoms with van der Waals surface area (Å²) >= 11 is 0. The Morgan fingerprint density at radius 1 is 1.60 bits per heavy atom. The summed E-state index contributed by atoms with van der Waals surface area (Å²) in [4.78, 5) is 0. The number of aromatic nitrogens is 2. The van der Waals surface area contributed by atoms with Crippen LogP contribution in [0.15, 0.2) is 17.3 Å². The molecule has 1 atom stereocenters. The zero-order valence-electron chi connectivity index (χ0n) is 11.7. The molecule has 1 aromatic rings. The van der Waals surface area contributed by atoms with E-state index in [1.165, 1.54) is 16.9 Å². The van der Waals surface area contributed by atoms with Gasteiger partial charge >= 0.3 is 0 Å². The Hall–Kier alpha value is -0.960. The van der Waals surface area contributed by atoms with Crippen molar-refractivity contribution >= 4 is 10.0 Å². The molecule has 7 nitrogen and oxygen atoms in total. The van der Waals surface area contributed by atoms with Crippen LogP contribution >= 0.6 is 0 Å². The molecule has 0 unspecified atom stereocenters. The van der Waals surface area contributed by atoms with Gasteiger partial charge in [0, 0.05) is 19.6 Å². The summed E-state index contributed by atoms with van der Waals surface area (Å²) in [5.74, 6) is 0. The van der Waals surface area contributed by atoms with E-state index in [0.717, 1.165) is 19.4 Å². The predicted molar refractivity (Wildman–Crippen MR) is 74.8 cm³/mol. The van der Waals surface area contributed by atoms with Crippen molar-refractivity contribution in [1.29, 1.82) is 0 Å². The highest BCUT2D eigenvalue weighted by atomic mass is 32.2. The molecule has 1 fully saturated rings. The topological polar surface area (TPSA) is 96.2 Å². The first-order chi connectivity index (χ1) is 9.47. The van der Waals surface area contributed by atoms with Gasteiger partial charge in [0.05, 0.1) is 11.8 Å². The molecule has 0 spiro atoms. The molecular formula is C12H22N4O3S. The van der Waals surface area contributed by atoms with Crippen molar-refractivity contribution in [1.82, 2.24) is 19.8 Å². The molecular weight excluding hydrogens is 280 g/mol. The number of nitrogens with one attached hydrogen (secondary N) is 2. The molecule has 0 radical (unpaired) electrons. The molecule has 0 aliphatic carbocycles. The van der Waals surface area contributed by atoms with E-state index < -0.39 is 15.6 Å². The molecule has 0 aromatic carbocycles. The monoisotopic (exact) mass is 302 g/mol. The van der Waals surface area contributed by atoms with Crippen molar-refractivity contribution in [3.63, 3.8) is 0 Å². The summed E-state index contributed by atoms with van der Waals surface area (Å²) in [6, 6.07) is 1.47. The van der Waals surface area contributed by atoms with Crippen LogP contribution in [0.5, 0.6) is 0 Å². The van der Waals surface area contributed by atoms with Crippen LogP contribution in [0, 0.1) is 0 Å². The average molecular weight is 302 g/mol. The first kappa shape index (κ1) is 15.4. The van der Waals surface area contributed by atoms with Gasteiger partial charge in [0.1, 0.15) is 0 Å². The van der Waals surface area contributed by atoms with Crippen LogP contribution in [0.25, 0.3) is 0 Å². The Labute approximate surface area is 119 Å². The van der Waals surface area contributed by atoms with Gasteiger partial charge in [0.15, 0.2) is 5.03 Å². The molecule has 1 aromatic heterocycles. The second-order valence-corrected chi connectivity index (χ2v) is 6.94. The number of aliphatic hydroxyl groups is 1. The largest absolute Gasteiger partial charge is 0.387 e. The van der Waals surface area contributed by atoms with Crippen LogP contribution in [0.1, 0.15) is 26.2 Å². The molecule has 2 rings (SSSR count). The van der Waals surface area contributed by atoms with Crippen molar-refractivity contribution in [2.24, 2.45) is 0 Å². The molecule has 1 aliphatic rings. The van der Waals surface area contributed by atoms with Gasteiger partial charge in [-0.2, -0.15) is 5.10 Å². The maximum absolute atomic E-state index is 12.3. The summed E-state index contributed by atoms with van der Waals surface area (Å²) in [5, 5.41) is 17.5. The molecule has 20 heavy (non-hydrogen) atoms. The average Bonchev–Trinajstić information content (AvgIpc) is 2.87. The fourth-order valence-electron chi connectivity index (χ4n) is 2.33. The minimum absolute atomic E-state index is 0.0135. The smallest absolute Gasteiger partial charge is 0.257 e. The summed E-state index contributed by atoms with van der Waals surface area (Å²) in [5.41, 5.74) is -1.01. The van der Waals surface area contributed by atoms with Gasteiger partial charge in [-0.1, -0.05) is 6.92 Å². The molecule has 1 aliphatic heterocycles. The number of hydrogen-bond donors (Lipinski definition) is 3. The Morgan fingerprint density at radius 3 is 3.05 bits per heavy atom. The lowest BCUT2D eigenvalue weighted by atomic mass is 9.95. The van der Waals surface area contributed by atoms with Crippen LogP contribution in [0.4, 0.5) is 0 Å². The van der Waals surface area contributed by atoms with Gasteiger partial charge in [0.2, 0.25) is 0 Å². The van der Waals surface area contributed by atoms with Gasteiger partial charge < -0.3 is 10.4 Å². The highest BCUT2D eigenvalue weighted by Crippen LogP contribution is 2.16. The third-order valence-corrected chi connectivity index (χ3v) is 4.85. The SMILES string of the molecule is CCCn1nccc1S(=O)(=O)NC[C@@]1(O)CCCNC1. The predicted octanol–water partition coefficient (Wildman–Crippen LogP) is -0.314. The standard InChI is InChI=1S/C12H22N4O3S/c1-2-8-16-11(4-7-14-16)20(18,19)15-10-12(17)5-3-6-13-9-12/h4,7,13,15,17H,2-3,5-6,8-10H2,1H3/t12-/m1/s1. The number of aryl methyl sites for hydroxylation is 1. The lowest BCUT2D eigenvalue weighted by Crippen LogP contribution is -2.52. The van der Waals surface area contributed by atoms with Gasteiger partial charge in [-0.3, -0.25) is 4.68 Å². The Bertz CT molecular complexity index is 535. The molecule has 0 saturated carbocycles. The number of β-amino-alcohol motifs (C(OH)–C–C–N with tert-alkyl or cyclic N) is 1. The van der Waals surface area contributed by atoms with Gasteiger partial charge in [-0.15, -0.1) is 0 Å². The normalized spacial score (nSPS) is 23.9. The van der Waals surface area contributed by atoms with Crippen molar-refractivity contribution < 1.29 is 13.5 Å². The zero-order valence-corrected chi connectivity index (χ0v) is 12.5. The highest BCUT2D eigenvalue weighted by molar-refractivity contribution is 7.89. The van der Waals surface area contributed by atoms with Crippen molar-refractivity contribution in [3.8, 4) is 0 Å². The number of piperidine rings is 1. The maximum Gasteiger partial charge on any atom is 0.257 e. The van der Waals surface area contributed by atoms with E-state index in [1.54, 1.807) is 0 Å². The molecule has 0 amide bonds. The number of rotatable bonds is 6. The van der Waals surface area contributed by atoms with Crippen molar-refractivity contribution in [3.05, 3.63) is 12.3 Å². The third kappa shape index (κ3) is 3.57. The summed E-state index contributed by atoms with van der Waals surface area (Å²) < 4.78 is 28.5. The van der Waals surface area contributed by atoms with Gasteiger partial charge in [0.25, 0.3) is 10.0 Å². The van der Waals surface area contributed by atoms with Gasteiger partial charge in [-0.05, 0) is 31.9 Å². The van der Waals surface area contributed by atoms with E-state index >= 15 is 0 Å². The van der Waals surface area contributed by atoms with E-state index in [-0.39, 0.29) is 11.6 Å². The number of sulfonamides is 1. The molecule has 2 heterocycles. The van der Waals surface area contributed by atoms with Crippen molar-refractivity contribution in [2.45, 2.75) is 43.4 Å². The first-order valence-electron chi connectivity index (χ1n) is 6.91. The zero-order chi connectivity index (χ0) is 14.6. The second kappa shape index (κ2) is 6.21. The maximum atomic E-state index is 12.3. The molecule has 3 N–H and O–H groups in total. The highest BCUT2D eigenvalue weighted by Gasteiger charge is 2.31. The molecule has 1 saturated heterocycles. The number of nitrogens with zero attached hydrogens (tertiary/aromatic N) is 2.